The van der Waals surface area contributed by atoms with Gasteiger partial charge in [-0.2, -0.15) is 4.99 Å². The van der Waals surface area contributed by atoms with Gasteiger partial charge in [0.2, 0.25) is 0 Å². The van der Waals surface area contributed by atoms with Crippen molar-refractivity contribution in [1.29, 1.82) is 0 Å². The molecular formula is C20H17N3O6S2. The first-order chi connectivity index (χ1) is 14.7. The summed E-state index contributed by atoms with van der Waals surface area (Å²) < 4.78 is 30.1. The van der Waals surface area contributed by atoms with E-state index in [4.69, 9.17) is 0 Å². The van der Waals surface area contributed by atoms with Crippen LogP contribution in [0.15, 0.2) is 75.5 Å². The number of methoxy groups -OCH3 is 1. The predicted molar refractivity (Wildman–Crippen MR) is 114 cm³/mol. The van der Waals surface area contributed by atoms with Crippen LogP contribution in [0.1, 0.15) is 15.9 Å². The van der Waals surface area contributed by atoms with Gasteiger partial charge in [0.05, 0.1) is 16.9 Å². The van der Waals surface area contributed by atoms with Crippen LogP contribution in [-0.2, 0) is 24.3 Å². The zero-order valence-corrected chi connectivity index (χ0v) is 18.1. The summed E-state index contributed by atoms with van der Waals surface area (Å²) in [5, 5.41) is 0.375. The van der Waals surface area contributed by atoms with Crippen molar-refractivity contribution >= 4 is 44.7 Å². The number of carbonyl (C=O) groups is 3. The van der Waals surface area contributed by atoms with Crippen molar-refractivity contribution in [2.24, 2.45) is 4.99 Å². The highest BCUT2D eigenvalue weighted by molar-refractivity contribution is 8.18. The molecule has 160 valence electrons. The smallest absolute Gasteiger partial charge is 0.331 e. The van der Waals surface area contributed by atoms with Gasteiger partial charge in [-0.3, -0.25) is 9.59 Å². The second-order valence-electron chi connectivity index (χ2n) is 6.25. The third kappa shape index (κ3) is 5.26. The Bertz CT molecular complexity index is 1190. The minimum Gasteiger partial charge on any atom is -0.466 e. The van der Waals surface area contributed by atoms with Crippen molar-refractivity contribution < 1.29 is 27.5 Å². The van der Waals surface area contributed by atoms with E-state index in [1.54, 1.807) is 37.3 Å². The van der Waals surface area contributed by atoms with Gasteiger partial charge in [0.15, 0.2) is 5.17 Å². The average Bonchev–Trinajstić information content (AvgIpc) is 3.02. The van der Waals surface area contributed by atoms with Gasteiger partial charge in [0, 0.05) is 11.6 Å². The van der Waals surface area contributed by atoms with Crippen molar-refractivity contribution in [3.8, 4) is 0 Å². The molecule has 2 amide bonds. The van der Waals surface area contributed by atoms with Gasteiger partial charge >= 0.3 is 5.97 Å². The fourth-order valence-corrected chi connectivity index (χ4v) is 4.36. The van der Waals surface area contributed by atoms with Crippen LogP contribution in [0.4, 0.5) is 0 Å². The molecule has 0 saturated carbocycles. The maximum absolute atomic E-state index is 12.8. The van der Waals surface area contributed by atoms with Crippen molar-refractivity contribution in [2.45, 2.75) is 11.8 Å². The molecule has 1 N–H and O–H groups in total. The van der Waals surface area contributed by atoms with Crippen LogP contribution in [0.5, 0.6) is 0 Å². The number of carbonyl (C=O) groups excluding carboxylic acids is 3. The summed E-state index contributed by atoms with van der Waals surface area (Å²) in [6.07, 6.45) is 0.899. The van der Waals surface area contributed by atoms with E-state index in [-0.39, 0.29) is 20.5 Å². The van der Waals surface area contributed by atoms with Crippen LogP contribution in [0.3, 0.4) is 0 Å². The number of thioether (sulfide) groups is 1. The number of ether oxygens (including phenoxy) is 1. The first kappa shape index (κ1) is 22.4. The van der Waals surface area contributed by atoms with Crippen LogP contribution in [0.2, 0.25) is 0 Å². The molecular weight excluding hydrogens is 442 g/mol. The molecule has 31 heavy (non-hydrogen) atoms. The summed E-state index contributed by atoms with van der Waals surface area (Å²) in [6, 6.07) is 14.0. The fraction of sp³-hybridized carbons (Fsp3) is 0.100. The van der Waals surface area contributed by atoms with Crippen molar-refractivity contribution in [3.05, 3.63) is 76.7 Å². The number of nitrogens with zero attached hydrogens (tertiary/aromatic N) is 2. The molecule has 2 aromatic carbocycles. The molecule has 1 aliphatic rings. The van der Waals surface area contributed by atoms with E-state index in [0.29, 0.717) is 16.8 Å². The van der Waals surface area contributed by atoms with Gasteiger partial charge in [-0.1, -0.05) is 35.9 Å². The number of amides is 2. The molecule has 11 heteroatoms. The van der Waals surface area contributed by atoms with Gasteiger partial charge < -0.3 is 4.74 Å². The summed E-state index contributed by atoms with van der Waals surface area (Å²) in [5.41, 5.74) is 1.10. The van der Waals surface area contributed by atoms with Gasteiger partial charge in [-0.05, 0) is 43.0 Å². The molecule has 0 unspecified atom stereocenters. The van der Waals surface area contributed by atoms with E-state index in [0.717, 1.165) is 18.7 Å². The third-order valence-electron chi connectivity index (χ3n) is 4.02. The Kier molecular flexibility index (Phi) is 6.68. The Balaban J connectivity index is 1.98. The summed E-state index contributed by atoms with van der Waals surface area (Å²) in [5.74, 6) is -2.37. The lowest BCUT2D eigenvalue weighted by molar-refractivity contribution is -0.135. The number of hydrogen-bond acceptors (Lipinski definition) is 7. The zero-order chi connectivity index (χ0) is 22.6. The number of esters is 1. The van der Waals surface area contributed by atoms with Crippen molar-refractivity contribution in [3.63, 3.8) is 0 Å². The van der Waals surface area contributed by atoms with Crippen LogP contribution in [-0.4, -0.2) is 43.5 Å². The lowest BCUT2D eigenvalue weighted by Crippen LogP contribution is -2.45. The molecule has 0 spiro atoms. The Labute approximate surface area is 182 Å². The number of amidine groups is 1. The summed E-state index contributed by atoms with van der Waals surface area (Å²) in [7, 11) is -3.04. The maximum atomic E-state index is 12.8. The molecule has 2 aromatic rings. The first-order valence-electron chi connectivity index (χ1n) is 8.80. The summed E-state index contributed by atoms with van der Waals surface area (Å²) in [6.45, 7) is 1.80. The van der Waals surface area contributed by atoms with E-state index in [9.17, 15) is 22.8 Å². The van der Waals surface area contributed by atoms with Crippen LogP contribution in [0.25, 0.3) is 0 Å². The summed E-state index contributed by atoms with van der Waals surface area (Å²) in [4.78, 5) is 42.6. The standard InChI is InChI=1S/C20H17N3O6S2/c1-13-8-10-15(11-9-13)31(27,28)22-23-19(26)16(12-17(24)29-2)30-20(23)21-18(25)14-6-4-3-5-7-14/h3-12,22H,1-2H3/b16-12-,21-20?. The zero-order valence-electron chi connectivity index (χ0n) is 16.4. The van der Waals surface area contributed by atoms with E-state index < -0.39 is 27.8 Å². The van der Waals surface area contributed by atoms with Crippen molar-refractivity contribution in [1.82, 2.24) is 9.84 Å². The molecule has 0 bridgehead atoms. The molecule has 0 atom stereocenters. The van der Waals surface area contributed by atoms with Gasteiger partial charge in [0.1, 0.15) is 0 Å². The third-order valence-corrected chi connectivity index (χ3v) is 6.30. The molecule has 3 rings (SSSR count). The van der Waals surface area contributed by atoms with E-state index >= 15 is 0 Å². The second-order valence-corrected chi connectivity index (χ2v) is 8.92. The monoisotopic (exact) mass is 459 g/mol. The Hall–Kier alpha value is -3.28. The van der Waals surface area contributed by atoms with Gasteiger partial charge in [0.25, 0.3) is 21.8 Å². The molecule has 1 fully saturated rings. The highest BCUT2D eigenvalue weighted by Crippen LogP contribution is 2.31. The number of rotatable bonds is 5. The molecule has 1 aliphatic heterocycles. The van der Waals surface area contributed by atoms with Crippen LogP contribution >= 0.6 is 11.8 Å². The normalized spacial score (nSPS) is 16.7. The van der Waals surface area contributed by atoms with Crippen LogP contribution in [0, 0.1) is 6.92 Å². The highest BCUT2D eigenvalue weighted by Gasteiger charge is 2.38. The highest BCUT2D eigenvalue weighted by atomic mass is 32.2. The minimum atomic E-state index is -4.18. The molecule has 0 aliphatic carbocycles. The van der Waals surface area contributed by atoms with E-state index in [1.165, 1.54) is 24.3 Å². The van der Waals surface area contributed by atoms with Crippen LogP contribution < -0.4 is 4.83 Å². The molecule has 1 saturated heterocycles. The number of hydrogen-bond donors (Lipinski definition) is 1. The van der Waals surface area contributed by atoms with E-state index in [2.05, 4.69) is 14.6 Å². The number of aryl methyl sites for hydroxylation is 1. The summed E-state index contributed by atoms with van der Waals surface area (Å²) >= 11 is 0.671. The Morgan fingerprint density at radius 2 is 1.74 bits per heavy atom. The quantitative estimate of drug-likeness (QED) is 0.536. The Morgan fingerprint density at radius 1 is 1.10 bits per heavy atom. The fourth-order valence-electron chi connectivity index (χ4n) is 2.42. The molecule has 0 aromatic heterocycles. The Morgan fingerprint density at radius 3 is 2.35 bits per heavy atom. The molecule has 0 radical (unpaired) electrons. The lowest BCUT2D eigenvalue weighted by atomic mass is 10.2. The second kappa shape index (κ2) is 9.25. The van der Waals surface area contributed by atoms with Gasteiger partial charge in [-0.25, -0.2) is 18.2 Å². The number of benzene rings is 2. The predicted octanol–water partition coefficient (Wildman–Crippen LogP) is 2.02. The largest absolute Gasteiger partial charge is 0.466 e. The SMILES string of the molecule is COC(=O)/C=C1\SC(=NC(=O)c2ccccc2)N(NS(=O)(=O)c2ccc(C)cc2)C1=O. The molecule has 1 heterocycles. The topological polar surface area (TPSA) is 122 Å². The minimum absolute atomic E-state index is 0.0879. The van der Waals surface area contributed by atoms with Gasteiger partial charge in [-0.15, -0.1) is 4.83 Å². The first-order valence-corrected chi connectivity index (χ1v) is 11.1. The number of hydrazine groups is 1. The number of aliphatic imine (C=N–C) groups is 1. The number of nitrogens with one attached hydrogen (secondary N) is 1. The maximum Gasteiger partial charge on any atom is 0.331 e. The lowest BCUT2D eigenvalue weighted by Gasteiger charge is -2.16. The van der Waals surface area contributed by atoms with Crippen molar-refractivity contribution in [2.75, 3.05) is 7.11 Å². The van der Waals surface area contributed by atoms with E-state index in [1.807, 2.05) is 0 Å². The number of sulfonamides is 1. The molecule has 9 nitrogen and oxygen atoms in total. The average molecular weight is 460 g/mol.